The maximum absolute atomic E-state index is 13.5. The maximum Gasteiger partial charge on any atom is 0.227 e. The summed E-state index contributed by atoms with van der Waals surface area (Å²) >= 11 is 0. The molecule has 0 fully saturated rings. The second kappa shape index (κ2) is 9.47. The van der Waals surface area contributed by atoms with Gasteiger partial charge in [0.05, 0.1) is 34.5 Å². The van der Waals surface area contributed by atoms with E-state index in [0.717, 1.165) is 39.6 Å². The third kappa shape index (κ3) is 4.26. The number of amides is 1. The first-order valence-corrected chi connectivity index (χ1v) is 12.2. The molecular weight excluding hydrogens is 483 g/mol. The molecule has 38 heavy (non-hydrogen) atoms. The van der Waals surface area contributed by atoms with Crippen molar-refractivity contribution in [2.45, 2.75) is 20.3 Å². The van der Waals surface area contributed by atoms with Crippen molar-refractivity contribution in [1.29, 1.82) is 0 Å². The Hall–Kier alpha value is -4.99. The van der Waals surface area contributed by atoms with Gasteiger partial charge in [0.1, 0.15) is 11.5 Å². The fourth-order valence-corrected chi connectivity index (χ4v) is 4.25. The molecule has 9 nitrogen and oxygen atoms in total. The van der Waals surface area contributed by atoms with Crippen LogP contribution in [0.4, 0.5) is 10.1 Å². The van der Waals surface area contributed by atoms with E-state index in [2.05, 4.69) is 35.5 Å². The topological polar surface area (TPSA) is 125 Å². The van der Waals surface area contributed by atoms with E-state index in [0.29, 0.717) is 28.4 Å². The van der Waals surface area contributed by atoms with Gasteiger partial charge in [-0.15, -0.1) is 0 Å². The number of fused-ring (bicyclic) bond motifs is 2. The first kappa shape index (κ1) is 23.4. The zero-order chi connectivity index (χ0) is 26.2. The normalized spacial score (nSPS) is 12.2. The molecule has 0 spiro atoms. The molecule has 1 aromatic carbocycles. The summed E-state index contributed by atoms with van der Waals surface area (Å²) in [5.74, 6) is 0.136. The third-order valence-electron chi connectivity index (χ3n) is 6.59. The minimum absolute atomic E-state index is 0.0449. The highest BCUT2D eigenvalue weighted by atomic mass is 19.1. The van der Waals surface area contributed by atoms with Crippen molar-refractivity contribution in [3.05, 3.63) is 73.2 Å². The number of carbonyl (C=O) groups excluding carboxylic acids is 1. The van der Waals surface area contributed by atoms with Gasteiger partial charge in [-0.05, 0) is 36.2 Å². The number of H-pyrrole nitrogens is 2. The van der Waals surface area contributed by atoms with Gasteiger partial charge in [0.25, 0.3) is 0 Å². The molecule has 0 radical (unpaired) electrons. The molecule has 188 valence electrons. The van der Waals surface area contributed by atoms with E-state index in [9.17, 15) is 9.18 Å². The Balaban J connectivity index is 1.39. The number of nitrogens with one attached hydrogen (secondary N) is 3. The van der Waals surface area contributed by atoms with Crippen LogP contribution in [-0.2, 0) is 4.79 Å². The number of anilines is 1. The second-order valence-corrected chi connectivity index (χ2v) is 9.13. The number of hydrogen-bond donors (Lipinski definition) is 3. The number of hydrogen-bond acceptors (Lipinski definition) is 6. The van der Waals surface area contributed by atoms with Gasteiger partial charge in [-0.3, -0.25) is 19.9 Å². The van der Waals surface area contributed by atoms with Crippen molar-refractivity contribution in [2.24, 2.45) is 5.92 Å². The Labute approximate surface area is 216 Å². The lowest BCUT2D eigenvalue weighted by molar-refractivity contribution is -0.119. The second-order valence-electron chi connectivity index (χ2n) is 9.13. The molecule has 0 bridgehead atoms. The van der Waals surface area contributed by atoms with Crippen molar-refractivity contribution < 1.29 is 9.18 Å². The Bertz CT molecular complexity index is 1790. The fourth-order valence-electron chi connectivity index (χ4n) is 4.25. The Morgan fingerprint density at radius 1 is 1.00 bits per heavy atom. The van der Waals surface area contributed by atoms with Gasteiger partial charge in [0.2, 0.25) is 5.91 Å². The summed E-state index contributed by atoms with van der Waals surface area (Å²) in [4.78, 5) is 33.6. The first-order chi connectivity index (χ1) is 18.5. The van der Waals surface area contributed by atoms with E-state index >= 15 is 0 Å². The van der Waals surface area contributed by atoms with Crippen molar-refractivity contribution in [3.8, 4) is 33.8 Å². The Morgan fingerprint density at radius 3 is 2.61 bits per heavy atom. The predicted octanol–water partition coefficient (Wildman–Crippen LogP) is 5.75. The lowest BCUT2D eigenvalue weighted by atomic mass is 10.1. The minimum Gasteiger partial charge on any atom is -0.335 e. The van der Waals surface area contributed by atoms with Crippen LogP contribution in [0.5, 0.6) is 0 Å². The molecule has 0 aliphatic rings. The van der Waals surface area contributed by atoms with E-state index in [1.54, 1.807) is 43.1 Å². The average Bonchev–Trinajstić information content (AvgIpc) is 3.57. The summed E-state index contributed by atoms with van der Waals surface area (Å²) in [6.07, 6.45) is 9.24. The van der Waals surface area contributed by atoms with Crippen LogP contribution in [0.15, 0.2) is 67.4 Å². The SMILES string of the molecule is CCC(C)C(=O)Nc1cncc(-c2cnc3n[nH]c(-c4nc5c(-c6ccc(F)cc6)cncc5[nH]4)c3c2)c1. The number of rotatable bonds is 6. The summed E-state index contributed by atoms with van der Waals surface area (Å²) in [6.45, 7) is 3.87. The quantitative estimate of drug-likeness (QED) is 0.264. The van der Waals surface area contributed by atoms with Crippen LogP contribution in [0, 0.1) is 11.7 Å². The smallest absolute Gasteiger partial charge is 0.227 e. The molecule has 0 aliphatic carbocycles. The molecule has 0 aliphatic heterocycles. The molecule has 10 heteroatoms. The summed E-state index contributed by atoms with van der Waals surface area (Å²) in [5.41, 5.74) is 6.50. The Morgan fingerprint density at radius 2 is 1.79 bits per heavy atom. The molecule has 1 atom stereocenters. The van der Waals surface area contributed by atoms with Crippen molar-refractivity contribution in [2.75, 3.05) is 5.32 Å². The highest BCUT2D eigenvalue weighted by Crippen LogP contribution is 2.32. The molecule has 1 unspecified atom stereocenters. The van der Waals surface area contributed by atoms with E-state index in [1.165, 1.54) is 12.1 Å². The van der Waals surface area contributed by atoms with Gasteiger partial charge in [0.15, 0.2) is 11.5 Å². The van der Waals surface area contributed by atoms with Crippen LogP contribution in [0.2, 0.25) is 0 Å². The monoisotopic (exact) mass is 506 g/mol. The maximum atomic E-state index is 13.5. The molecular formula is C28H23FN8O. The predicted molar refractivity (Wildman–Crippen MR) is 143 cm³/mol. The molecule has 1 amide bonds. The minimum atomic E-state index is -0.303. The van der Waals surface area contributed by atoms with Gasteiger partial charge in [-0.1, -0.05) is 26.0 Å². The molecule has 6 aromatic rings. The van der Waals surface area contributed by atoms with Crippen LogP contribution in [0.1, 0.15) is 20.3 Å². The van der Waals surface area contributed by atoms with E-state index in [4.69, 9.17) is 4.98 Å². The van der Waals surface area contributed by atoms with Gasteiger partial charge >= 0.3 is 0 Å². The lowest BCUT2D eigenvalue weighted by Gasteiger charge is -2.10. The van der Waals surface area contributed by atoms with E-state index in [1.807, 2.05) is 26.0 Å². The van der Waals surface area contributed by atoms with Crippen LogP contribution < -0.4 is 5.32 Å². The zero-order valence-corrected chi connectivity index (χ0v) is 20.7. The molecule has 0 saturated carbocycles. The number of benzene rings is 1. The van der Waals surface area contributed by atoms with Crippen LogP contribution in [0.25, 0.3) is 55.8 Å². The van der Waals surface area contributed by atoms with E-state index in [-0.39, 0.29) is 17.6 Å². The number of pyridine rings is 3. The van der Waals surface area contributed by atoms with Crippen molar-refractivity contribution in [3.63, 3.8) is 0 Å². The Kier molecular flexibility index (Phi) is 5.83. The number of imidazole rings is 1. The van der Waals surface area contributed by atoms with Crippen LogP contribution >= 0.6 is 0 Å². The van der Waals surface area contributed by atoms with E-state index < -0.39 is 0 Å². The zero-order valence-electron chi connectivity index (χ0n) is 20.7. The molecule has 5 aromatic heterocycles. The molecule has 6 rings (SSSR count). The lowest BCUT2D eigenvalue weighted by Crippen LogP contribution is -2.19. The fraction of sp³-hybridized carbons (Fsp3) is 0.143. The molecule has 5 heterocycles. The number of aromatic amines is 2. The number of halogens is 1. The van der Waals surface area contributed by atoms with Crippen LogP contribution in [0.3, 0.4) is 0 Å². The highest BCUT2D eigenvalue weighted by molar-refractivity contribution is 5.97. The van der Waals surface area contributed by atoms with Gasteiger partial charge < -0.3 is 10.3 Å². The standard InChI is InChI=1S/C28H23FN8O/c1-3-15(2)28(38)33-20-8-17(10-30-12-20)18-9-21-25(36-37-26(21)32-11-18)27-34-23-14-31-13-22(24(23)35-27)16-4-6-19(29)7-5-16/h4-15H,3H2,1-2H3,(H,33,38)(H,34,35)(H,32,36,37). The highest BCUT2D eigenvalue weighted by Gasteiger charge is 2.17. The summed E-state index contributed by atoms with van der Waals surface area (Å²) in [5, 5.41) is 11.1. The van der Waals surface area contributed by atoms with Gasteiger partial charge in [-0.2, -0.15) is 5.10 Å². The van der Waals surface area contributed by atoms with Crippen molar-refractivity contribution in [1.82, 2.24) is 35.1 Å². The summed E-state index contributed by atoms with van der Waals surface area (Å²) in [6, 6.07) is 10.1. The molecule has 3 N–H and O–H groups in total. The van der Waals surface area contributed by atoms with Crippen molar-refractivity contribution >= 4 is 33.7 Å². The largest absolute Gasteiger partial charge is 0.335 e. The number of carbonyl (C=O) groups is 1. The molecule has 0 saturated heterocycles. The number of nitrogens with zero attached hydrogens (tertiary/aromatic N) is 5. The summed E-state index contributed by atoms with van der Waals surface area (Å²) in [7, 11) is 0. The average molecular weight is 507 g/mol. The third-order valence-corrected chi connectivity index (χ3v) is 6.59. The summed E-state index contributed by atoms with van der Waals surface area (Å²) < 4.78 is 13.5. The number of aromatic nitrogens is 7. The van der Waals surface area contributed by atoms with Gasteiger partial charge in [0, 0.05) is 41.2 Å². The van der Waals surface area contributed by atoms with Crippen LogP contribution in [-0.4, -0.2) is 41.0 Å². The first-order valence-electron chi connectivity index (χ1n) is 12.2. The van der Waals surface area contributed by atoms with Gasteiger partial charge in [-0.25, -0.2) is 14.4 Å².